The zero-order chi connectivity index (χ0) is 37.4. The molecular formula is C53H38N2O. The minimum Gasteiger partial charge on any atom is -0.456 e. The minimum absolute atomic E-state index is 0.259. The van der Waals surface area contributed by atoms with Crippen LogP contribution in [0, 0.1) is 0 Å². The Balaban J connectivity index is 1.07. The van der Waals surface area contributed by atoms with Crippen molar-refractivity contribution in [2.75, 3.05) is 9.80 Å². The highest BCUT2D eigenvalue weighted by Crippen LogP contribution is 2.53. The summed E-state index contributed by atoms with van der Waals surface area (Å²) in [6, 6.07) is 70.2. The first-order valence-electron chi connectivity index (χ1n) is 19.3. The van der Waals surface area contributed by atoms with Crippen molar-refractivity contribution in [1.82, 2.24) is 0 Å². The molecule has 1 aromatic heterocycles. The number of fused-ring (bicyclic) bond motifs is 8. The van der Waals surface area contributed by atoms with E-state index in [1.807, 2.05) is 12.1 Å². The van der Waals surface area contributed by atoms with Crippen molar-refractivity contribution in [3.8, 4) is 11.1 Å². The van der Waals surface area contributed by atoms with Gasteiger partial charge in [0, 0.05) is 55.8 Å². The van der Waals surface area contributed by atoms with Crippen molar-refractivity contribution in [2.45, 2.75) is 19.3 Å². The molecule has 1 aliphatic carbocycles. The summed E-state index contributed by atoms with van der Waals surface area (Å²) in [5, 5.41) is 7.10. The average Bonchev–Trinajstić information content (AvgIpc) is 3.72. The van der Waals surface area contributed by atoms with E-state index in [0.29, 0.717) is 0 Å². The SMILES string of the molecule is CC1(C)c2cc(N(c3ccccc3)c3cccc4ccccc34)ccc2-c2ccc(N(c3ccc4c(c3)oc3ccccc34)c3cccc4ccccc34)cc21. The van der Waals surface area contributed by atoms with Crippen LogP contribution in [0.3, 0.4) is 0 Å². The van der Waals surface area contributed by atoms with Crippen LogP contribution in [0.1, 0.15) is 25.0 Å². The van der Waals surface area contributed by atoms with Crippen molar-refractivity contribution in [2.24, 2.45) is 0 Å². The Labute approximate surface area is 326 Å². The van der Waals surface area contributed by atoms with Gasteiger partial charge in [-0.1, -0.05) is 135 Å². The van der Waals surface area contributed by atoms with Gasteiger partial charge in [0.1, 0.15) is 11.2 Å². The zero-order valence-corrected chi connectivity index (χ0v) is 31.3. The standard InChI is InChI=1S/C53H38N2O/c1-53(2)47-32-38(54(37-18-4-3-5-19-37)49-23-12-16-35-14-6-8-20-41(35)49)26-29-43(47)44-30-27-39(33-48(44)53)55(50-24-13-17-36-15-7-9-21-42(36)50)40-28-31-46-45-22-10-11-25-51(45)56-52(46)34-40/h3-34H,1-2H3. The van der Waals surface area contributed by atoms with Crippen LogP contribution in [0.5, 0.6) is 0 Å². The van der Waals surface area contributed by atoms with Crippen LogP contribution in [0.15, 0.2) is 199 Å². The normalized spacial score (nSPS) is 13.0. The van der Waals surface area contributed by atoms with Gasteiger partial charge in [-0.2, -0.15) is 0 Å². The molecule has 9 aromatic carbocycles. The van der Waals surface area contributed by atoms with Gasteiger partial charge >= 0.3 is 0 Å². The van der Waals surface area contributed by atoms with Crippen molar-refractivity contribution >= 4 is 77.6 Å². The predicted octanol–water partition coefficient (Wildman–Crippen LogP) is 15.1. The van der Waals surface area contributed by atoms with Gasteiger partial charge in [-0.25, -0.2) is 0 Å². The quantitative estimate of drug-likeness (QED) is 0.171. The number of anilines is 6. The Hall–Kier alpha value is -7.10. The van der Waals surface area contributed by atoms with Crippen LogP contribution in [-0.2, 0) is 5.41 Å². The smallest absolute Gasteiger partial charge is 0.137 e. The molecule has 266 valence electrons. The summed E-state index contributed by atoms with van der Waals surface area (Å²) < 4.78 is 6.44. The summed E-state index contributed by atoms with van der Waals surface area (Å²) in [6.07, 6.45) is 0. The number of furan rings is 1. The molecule has 0 spiro atoms. The van der Waals surface area contributed by atoms with E-state index in [1.165, 1.54) is 43.8 Å². The van der Waals surface area contributed by atoms with Crippen LogP contribution in [0.4, 0.5) is 34.1 Å². The first kappa shape index (κ1) is 32.3. The maximum Gasteiger partial charge on any atom is 0.137 e. The molecule has 0 saturated heterocycles. The summed E-state index contributed by atoms with van der Waals surface area (Å²) in [5.74, 6) is 0. The van der Waals surface area contributed by atoms with Gasteiger partial charge in [-0.3, -0.25) is 0 Å². The summed E-state index contributed by atoms with van der Waals surface area (Å²) in [4.78, 5) is 4.81. The van der Waals surface area contributed by atoms with Crippen LogP contribution in [0.2, 0.25) is 0 Å². The van der Waals surface area contributed by atoms with Gasteiger partial charge in [-0.05, 0) is 99.8 Å². The first-order chi connectivity index (χ1) is 27.5. The number of hydrogen-bond acceptors (Lipinski definition) is 3. The van der Waals surface area contributed by atoms with Gasteiger partial charge in [0.25, 0.3) is 0 Å². The fraction of sp³-hybridized carbons (Fsp3) is 0.0566. The molecule has 3 heteroatoms. The molecule has 1 heterocycles. The molecule has 56 heavy (non-hydrogen) atoms. The summed E-state index contributed by atoms with van der Waals surface area (Å²) >= 11 is 0. The molecule has 10 aromatic rings. The second-order valence-corrected chi connectivity index (χ2v) is 15.4. The van der Waals surface area contributed by atoms with Crippen LogP contribution < -0.4 is 9.80 Å². The highest BCUT2D eigenvalue weighted by atomic mass is 16.3. The molecule has 0 amide bonds. The van der Waals surface area contributed by atoms with Crippen molar-refractivity contribution in [3.63, 3.8) is 0 Å². The van der Waals surface area contributed by atoms with Crippen molar-refractivity contribution in [1.29, 1.82) is 0 Å². The molecule has 0 atom stereocenters. The number of rotatable bonds is 6. The van der Waals surface area contributed by atoms with E-state index >= 15 is 0 Å². The third kappa shape index (κ3) is 4.98. The maximum absolute atomic E-state index is 6.44. The third-order valence-corrected chi connectivity index (χ3v) is 11.8. The van der Waals surface area contributed by atoms with E-state index in [4.69, 9.17) is 4.42 Å². The highest BCUT2D eigenvalue weighted by molar-refractivity contribution is 6.07. The van der Waals surface area contributed by atoms with Crippen LogP contribution in [0.25, 0.3) is 54.6 Å². The van der Waals surface area contributed by atoms with E-state index in [1.54, 1.807) is 0 Å². The summed E-state index contributed by atoms with van der Waals surface area (Å²) in [7, 11) is 0. The number of benzene rings is 9. The lowest BCUT2D eigenvalue weighted by molar-refractivity contribution is 0.660. The topological polar surface area (TPSA) is 19.6 Å². The monoisotopic (exact) mass is 718 g/mol. The molecule has 0 aliphatic heterocycles. The molecular weight excluding hydrogens is 681 g/mol. The Bertz CT molecular complexity index is 3130. The second-order valence-electron chi connectivity index (χ2n) is 15.4. The van der Waals surface area contributed by atoms with E-state index < -0.39 is 0 Å². The van der Waals surface area contributed by atoms with Gasteiger partial charge in [0.2, 0.25) is 0 Å². The maximum atomic E-state index is 6.44. The fourth-order valence-corrected chi connectivity index (χ4v) is 9.08. The molecule has 3 nitrogen and oxygen atoms in total. The van der Waals surface area contributed by atoms with E-state index in [2.05, 4.69) is 206 Å². The highest BCUT2D eigenvalue weighted by Gasteiger charge is 2.37. The number of hydrogen-bond donors (Lipinski definition) is 0. The number of para-hydroxylation sites is 2. The van der Waals surface area contributed by atoms with Gasteiger partial charge in [-0.15, -0.1) is 0 Å². The van der Waals surface area contributed by atoms with Crippen LogP contribution in [-0.4, -0.2) is 0 Å². The Kier molecular flexibility index (Phi) is 7.20. The molecule has 0 radical (unpaired) electrons. The molecule has 0 bridgehead atoms. The van der Waals surface area contributed by atoms with Gasteiger partial charge in [0.05, 0.1) is 11.4 Å². The largest absolute Gasteiger partial charge is 0.456 e. The lowest BCUT2D eigenvalue weighted by Crippen LogP contribution is -2.18. The zero-order valence-electron chi connectivity index (χ0n) is 31.3. The van der Waals surface area contributed by atoms with Gasteiger partial charge < -0.3 is 14.2 Å². The molecule has 0 N–H and O–H groups in total. The summed E-state index contributed by atoms with van der Waals surface area (Å²) in [6.45, 7) is 4.75. The molecule has 0 unspecified atom stereocenters. The second kappa shape index (κ2) is 12.5. The molecule has 0 saturated carbocycles. The molecule has 0 fully saturated rings. The van der Waals surface area contributed by atoms with E-state index in [9.17, 15) is 0 Å². The van der Waals surface area contributed by atoms with E-state index in [0.717, 1.165) is 56.1 Å². The average molecular weight is 719 g/mol. The third-order valence-electron chi connectivity index (χ3n) is 11.8. The Morgan fingerprint density at radius 3 is 1.45 bits per heavy atom. The molecule has 1 aliphatic rings. The number of nitrogens with zero attached hydrogens (tertiary/aromatic N) is 2. The predicted molar refractivity (Wildman–Crippen MR) is 236 cm³/mol. The van der Waals surface area contributed by atoms with Crippen LogP contribution >= 0.6 is 0 Å². The lowest BCUT2D eigenvalue weighted by atomic mass is 9.82. The first-order valence-corrected chi connectivity index (χ1v) is 19.3. The van der Waals surface area contributed by atoms with Crippen molar-refractivity contribution < 1.29 is 4.42 Å². The Morgan fingerprint density at radius 1 is 0.357 bits per heavy atom. The Morgan fingerprint density at radius 2 is 0.821 bits per heavy atom. The molecule has 11 rings (SSSR count). The van der Waals surface area contributed by atoms with Crippen molar-refractivity contribution in [3.05, 3.63) is 205 Å². The van der Waals surface area contributed by atoms with E-state index in [-0.39, 0.29) is 5.41 Å². The minimum atomic E-state index is -0.259. The van der Waals surface area contributed by atoms with Gasteiger partial charge in [0.15, 0.2) is 0 Å². The lowest BCUT2D eigenvalue weighted by Gasteiger charge is -2.30. The summed E-state index contributed by atoms with van der Waals surface area (Å²) in [5.41, 5.74) is 13.4. The fourth-order valence-electron chi connectivity index (χ4n) is 9.08.